The summed E-state index contributed by atoms with van der Waals surface area (Å²) in [6.45, 7) is 4.44. The molecule has 3 heteroatoms. The van der Waals surface area contributed by atoms with Crippen molar-refractivity contribution in [3.63, 3.8) is 0 Å². The second kappa shape index (κ2) is 4.25. The number of rotatable bonds is 3. The van der Waals surface area contributed by atoms with Gasteiger partial charge in [-0.2, -0.15) is 0 Å². The van der Waals surface area contributed by atoms with Crippen molar-refractivity contribution < 1.29 is 9.94 Å². The van der Waals surface area contributed by atoms with Crippen molar-refractivity contribution in [3.05, 3.63) is 29.3 Å². The molecule has 1 rings (SSSR count). The van der Waals surface area contributed by atoms with Crippen LogP contribution in [0.15, 0.2) is 18.2 Å². The Kier molecular flexibility index (Phi) is 3.28. The summed E-state index contributed by atoms with van der Waals surface area (Å²) in [5, 5.41) is 9.41. The summed E-state index contributed by atoms with van der Waals surface area (Å²) in [4.78, 5) is 4.48. The first-order valence-corrected chi connectivity index (χ1v) is 4.28. The minimum atomic E-state index is 0.231. The van der Waals surface area contributed by atoms with Crippen LogP contribution in [-0.4, -0.2) is 5.11 Å². The fourth-order valence-electron chi connectivity index (χ4n) is 1.17. The fourth-order valence-corrected chi connectivity index (χ4v) is 1.17. The minimum Gasteiger partial charge on any atom is -0.508 e. The van der Waals surface area contributed by atoms with Gasteiger partial charge in [0.15, 0.2) is 0 Å². The Morgan fingerprint density at radius 2 is 2.15 bits per heavy atom. The third-order valence-electron chi connectivity index (χ3n) is 2.01. The number of nitrogens with two attached hydrogens (primary N) is 1. The summed E-state index contributed by atoms with van der Waals surface area (Å²) in [5.41, 5.74) is 1.90. The van der Waals surface area contributed by atoms with Gasteiger partial charge in [0, 0.05) is 5.56 Å². The Labute approximate surface area is 78.1 Å². The first kappa shape index (κ1) is 10.0. The standard InChI is InChI=1S/C10H15NO2/c1-7(2)8-3-4-10(12)9(5-8)6-13-11/h3-5,7,12H,6,11H2,1-2H3. The molecule has 0 spiro atoms. The highest BCUT2D eigenvalue weighted by molar-refractivity contribution is 5.36. The van der Waals surface area contributed by atoms with Gasteiger partial charge in [-0.15, -0.1) is 0 Å². The van der Waals surface area contributed by atoms with Crippen molar-refractivity contribution in [3.8, 4) is 5.75 Å². The number of phenolic OH excluding ortho intramolecular Hbond substituents is 1. The number of phenols is 1. The smallest absolute Gasteiger partial charge is 0.121 e. The lowest BCUT2D eigenvalue weighted by Crippen LogP contribution is -2.00. The summed E-state index contributed by atoms with van der Waals surface area (Å²) in [6, 6.07) is 5.48. The third kappa shape index (κ3) is 2.44. The lowest BCUT2D eigenvalue weighted by atomic mass is 10.0. The summed E-state index contributed by atoms with van der Waals surface area (Å²) in [5.74, 6) is 5.62. The van der Waals surface area contributed by atoms with E-state index in [2.05, 4.69) is 18.7 Å². The van der Waals surface area contributed by atoms with E-state index in [9.17, 15) is 5.11 Å². The van der Waals surface area contributed by atoms with Gasteiger partial charge in [0.1, 0.15) is 5.75 Å². The molecule has 3 N–H and O–H groups in total. The molecular formula is C10H15NO2. The maximum atomic E-state index is 9.41. The summed E-state index contributed by atoms with van der Waals surface area (Å²) >= 11 is 0. The Bertz CT molecular complexity index is 284. The predicted octanol–water partition coefficient (Wildman–Crippen LogP) is 1.91. The average molecular weight is 181 g/mol. The predicted molar refractivity (Wildman–Crippen MR) is 51.2 cm³/mol. The fraction of sp³-hybridized carbons (Fsp3) is 0.400. The molecule has 0 fully saturated rings. The first-order chi connectivity index (χ1) is 6.15. The highest BCUT2D eigenvalue weighted by Gasteiger charge is 2.04. The molecule has 0 saturated heterocycles. The largest absolute Gasteiger partial charge is 0.508 e. The van der Waals surface area contributed by atoms with Crippen LogP contribution in [0.3, 0.4) is 0 Å². The lowest BCUT2D eigenvalue weighted by molar-refractivity contribution is 0.122. The molecule has 0 aliphatic heterocycles. The van der Waals surface area contributed by atoms with E-state index < -0.39 is 0 Å². The van der Waals surface area contributed by atoms with Crippen LogP contribution >= 0.6 is 0 Å². The van der Waals surface area contributed by atoms with Gasteiger partial charge in [0.2, 0.25) is 0 Å². The number of benzene rings is 1. The van der Waals surface area contributed by atoms with Gasteiger partial charge in [-0.3, -0.25) is 4.84 Å². The Morgan fingerprint density at radius 1 is 1.46 bits per heavy atom. The number of aromatic hydroxyl groups is 1. The number of hydrogen-bond donors (Lipinski definition) is 2. The van der Waals surface area contributed by atoms with Crippen LogP contribution in [0.2, 0.25) is 0 Å². The van der Waals surface area contributed by atoms with Crippen molar-refractivity contribution in [2.45, 2.75) is 26.4 Å². The SMILES string of the molecule is CC(C)c1ccc(O)c(CON)c1. The van der Waals surface area contributed by atoms with E-state index in [0.29, 0.717) is 5.92 Å². The maximum Gasteiger partial charge on any atom is 0.121 e. The molecule has 0 saturated carbocycles. The third-order valence-corrected chi connectivity index (χ3v) is 2.01. The molecule has 0 aromatic heterocycles. The molecule has 0 amide bonds. The van der Waals surface area contributed by atoms with Crippen LogP contribution in [0.5, 0.6) is 5.75 Å². The summed E-state index contributed by atoms with van der Waals surface area (Å²) in [6.07, 6.45) is 0. The Balaban J connectivity index is 2.97. The molecular weight excluding hydrogens is 166 g/mol. The molecule has 0 unspecified atom stereocenters. The van der Waals surface area contributed by atoms with Gasteiger partial charge in [-0.05, 0) is 23.6 Å². The van der Waals surface area contributed by atoms with Crippen molar-refractivity contribution in [1.29, 1.82) is 0 Å². The highest BCUT2D eigenvalue weighted by atomic mass is 16.6. The van der Waals surface area contributed by atoms with Crippen LogP contribution in [0, 0.1) is 0 Å². The van der Waals surface area contributed by atoms with E-state index in [4.69, 9.17) is 5.90 Å². The quantitative estimate of drug-likeness (QED) is 0.700. The van der Waals surface area contributed by atoms with Crippen molar-refractivity contribution >= 4 is 0 Å². The van der Waals surface area contributed by atoms with Gasteiger partial charge in [-0.1, -0.05) is 19.9 Å². The van der Waals surface area contributed by atoms with Crippen LogP contribution in [0.1, 0.15) is 30.9 Å². The second-order valence-corrected chi connectivity index (χ2v) is 3.35. The van der Waals surface area contributed by atoms with Crippen molar-refractivity contribution in [2.24, 2.45) is 5.90 Å². The molecule has 0 heterocycles. The van der Waals surface area contributed by atoms with Gasteiger partial charge in [-0.25, -0.2) is 5.90 Å². The van der Waals surface area contributed by atoms with Crippen LogP contribution < -0.4 is 5.90 Å². The van der Waals surface area contributed by atoms with E-state index in [1.807, 2.05) is 12.1 Å². The molecule has 0 bridgehead atoms. The van der Waals surface area contributed by atoms with Crippen LogP contribution in [-0.2, 0) is 11.4 Å². The zero-order chi connectivity index (χ0) is 9.84. The van der Waals surface area contributed by atoms with E-state index in [-0.39, 0.29) is 12.4 Å². The van der Waals surface area contributed by atoms with Crippen LogP contribution in [0.25, 0.3) is 0 Å². The Morgan fingerprint density at radius 3 is 2.69 bits per heavy atom. The van der Waals surface area contributed by atoms with Crippen molar-refractivity contribution in [1.82, 2.24) is 0 Å². The first-order valence-electron chi connectivity index (χ1n) is 4.28. The molecule has 13 heavy (non-hydrogen) atoms. The van der Waals surface area contributed by atoms with E-state index in [0.717, 1.165) is 5.56 Å². The van der Waals surface area contributed by atoms with Gasteiger partial charge in [0.05, 0.1) is 6.61 Å². The second-order valence-electron chi connectivity index (χ2n) is 3.35. The summed E-state index contributed by atoms with van der Waals surface area (Å²) < 4.78 is 0. The topological polar surface area (TPSA) is 55.5 Å². The molecule has 0 radical (unpaired) electrons. The molecule has 0 aliphatic carbocycles. The zero-order valence-electron chi connectivity index (χ0n) is 7.95. The molecule has 72 valence electrons. The van der Waals surface area contributed by atoms with E-state index in [1.54, 1.807) is 6.07 Å². The molecule has 1 aromatic carbocycles. The van der Waals surface area contributed by atoms with Gasteiger partial charge in [0.25, 0.3) is 0 Å². The molecule has 0 atom stereocenters. The average Bonchev–Trinajstić information content (AvgIpc) is 2.08. The van der Waals surface area contributed by atoms with Gasteiger partial charge >= 0.3 is 0 Å². The van der Waals surface area contributed by atoms with E-state index >= 15 is 0 Å². The highest BCUT2D eigenvalue weighted by Crippen LogP contribution is 2.23. The van der Waals surface area contributed by atoms with Crippen molar-refractivity contribution in [2.75, 3.05) is 0 Å². The minimum absolute atomic E-state index is 0.231. The molecule has 3 nitrogen and oxygen atoms in total. The zero-order valence-corrected chi connectivity index (χ0v) is 7.95. The normalized spacial score (nSPS) is 10.8. The maximum absolute atomic E-state index is 9.41. The summed E-state index contributed by atoms with van der Waals surface area (Å²) in [7, 11) is 0. The van der Waals surface area contributed by atoms with Gasteiger partial charge < -0.3 is 5.11 Å². The molecule has 1 aromatic rings. The number of hydrogen-bond acceptors (Lipinski definition) is 3. The Hall–Kier alpha value is -1.06. The molecule has 0 aliphatic rings. The van der Waals surface area contributed by atoms with E-state index in [1.165, 1.54) is 5.56 Å². The monoisotopic (exact) mass is 181 g/mol. The lowest BCUT2D eigenvalue weighted by Gasteiger charge is -2.09. The van der Waals surface area contributed by atoms with Crippen LogP contribution in [0.4, 0.5) is 0 Å².